The fourth-order valence-corrected chi connectivity index (χ4v) is 2.59. The lowest BCUT2D eigenvalue weighted by atomic mass is 10.1. The molecule has 0 saturated heterocycles. The van der Waals surface area contributed by atoms with E-state index in [9.17, 15) is 4.79 Å². The molecule has 1 aromatic rings. The van der Waals surface area contributed by atoms with Gasteiger partial charge in [-0.3, -0.25) is 4.79 Å². The van der Waals surface area contributed by atoms with E-state index in [1.165, 1.54) is 11.3 Å². The third-order valence-electron chi connectivity index (χ3n) is 2.58. The summed E-state index contributed by atoms with van der Waals surface area (Å²) in [6, 6.07) is -0.427. The minimum atomic E-state index is -0.427. The molecule has 3 N–H and O–H groups in total. The highest BCUT2D eigenvalue weighted by Gasteiger charge is 2.17. The highest BCUT2D eigenvalue weighted by Crippen LogP contribution is 2.26. The van der Waals surface area contributed by atoms with Gasteiger partial charge >= 0.3 is 0 Å². The maximum Gasteiger partial charge on any atom is 0.241 e. The molecule has 18 heavy (non-hydrogen) atoms. The van der Waals surface area contributed by atoms with E-state index in [4.69, 9.17) is 5.73 Å². The summed E-state index contributed by atoms with van der Waals surface area (Å²) in [4.78, 5) is 16.4. The SMILES string of the molecule is CCCC(N)C(=O)Nc1sc(C)nc1CC(C)C. The van der Waals surface area contributed by atoms with Crippen molar-refractivity contribution in [3.05, 3.63) is 10.7 Å². The molecule has 1 heterocycles. The monoisotopic (exact) mass is 269 g/mol. The van der Waals surface area contributed by atoms with Crippen molar-refractivity contribution in [3.63, 3.8) is 0 Å². The largest absolute Gasteiger partial charge is 0.320 e. The van der Waals surface area contributed by atoms with Gasteiger partial charge in [0.05, 0.1) is 16.7 Å². The molecule has 0 aliphatic carbocycles. The van der Waals surface area contributed by atoms with Crippen LogP contribution in [-0.4, -0.2) is 16.9 Å². The van der Waals surface area contributed by atoms with E-state index in [0.29, 0.717) is 12.3 Å². The Labute approximate surface area is 113 Å². The summed E-state index contributed by atoms with van der Waals surface area (Å²) in [5.74, 6) is 0.414. The van der Waals surface area contributed by atoms with Crippen LogP contribution in [0.2, 0.25) is 0 Å². The molecule has 1 atom stereocenters. The molecule has 4 nitrogen and oxygen atoms in total. The molecule has 102 valence electrons. The molecular weight excluding hydrogens is 246 g/mol. The van der Waals surface area contributed by atoms with Crippen LogP contribution in [0, 0.1) is 12.8 Å². The third kappa shape index (κ3) is 4.38. The second-order valence-electron chi connectivity index (χ2n) is 4.99. The minimum Gasteiger partial charge on any atom is -0.320 e. The Bertz CT molecular complexity index is 401. The Morgan fingerprint density at radius 3 is 2.72 bits per heavy atom. The van der Waals surface area contributed by atoms with Crippen LogP contribution in [0.15, 0.2) is 0 Å². The van der Waals surface area contributed by atoms with Crippen LogP contribution in [0.25, 0.3) is 0 Å². The molecule has 1 rings (SSSR count). The van der Waals surface area contributed by atoms with E-state index in [1.54, 1.807) is 0 Å². The van der Waals surface area contributed by atoms with Crippen molar-refractivity contribution >= 4 is 22.2 Å². The summed E-state index contributed by atoms with van der Waals surface area (Å²) in [5.41, 5.74) is 6.78. The summed E-state index contributed by atoms with van der Waals surface area (Å²) >= 11 is 1.52. The van der Waals surface area contributed by atoms with Gasteiger partial charge in [-0.1, -0.05) is 27.2 Å². The number of carbonyl (C=O) groups excluding carboxylic acids is 1. The number of nitrogens with two attached hydrogens (primary N) is 1. The Kier molecular flexibility index (Phi) is 5.75. The fraction of sp³-hybridized carbons (Fsp3) is 0.692. The standard InChI is InChI=1S/C13H23N3OS/c1-5-6-10(14)12(17)16-13-11(7-8(2)3)15-9(4)18-13/h8,10H,5-7,14H2,1-4H3,(H,16,17). The first kappa shape index (κ1) is 15.1. The van der Waals surface area contributed by atoms with E-state index in [2.05, 4.69) is 24.1 Å². The molecule has 0 radical (unpaired) electrons. The fourth-order valence-electron chi connectivity index (χ4n) is 1.74. The first-order chi connectivity index (χ1) is 8.43. The van der Waals surface area contributed by atoms with Crippen LogP contribution in [0.5, 0.6) is 0 Å². The van der Waals surface area contributed by atoms with Crippen LogP contribution in [0.3, 0.4) is 0 Å². The summed E-state index contributed by atoms with van der Waals surface area (Å²) in [5, 5.41) is 4.75. The van der Waals surface area contributed by atoms with Crippen LogP contribution < -0.4 is 11.1 Å². The van der Waals surface area contributed by atoms with Gasteiger partial charge in [-0.2, -0.15) is 0 Å². The zero-order valence-electron chi connectivity index (χ0n) is 11.6. The molecule has 0 aromatic carbocycles. The van der Waals surface area contributed by atoms with Gasteiger partial charge in [-0.15, -0.1) is 11.3 Å². The molecule has 1 amide bonds. The second kappa shape index (κ2) is 6.85. The van der Waals surface area contributed by atoms with Gasteiger partial charge in [0, 0.05) is 0 Å². The Hall–Kier alpha value is -0.940. The van der Waals surface area contributed by atoms with Crippen molar-refractivity contribution in [3.8, 4) is 0 Å². The van der Waals surface area contributed by atoms with Gasteiger partial charge in [0.25, 0.3) is 0 Å². The van der Waals surface area contributed by atoms with Crippen molar-refractivity contribution in [2.24, 2.45) is 11.7 Å². The zero-order valence-corrected chi connectivity index (χ0v) is 12.4. The summed E-state index contributed by atoms with van der Waals surface area (Å²) < 4.78 is 0. The third-order valence-corrected chi connectivity index (χ3v) is 3.51. The van der Waals surface area contributed by atoms with Gasteiger partial charge in [0.1, 0.15) is 5.00 Å². The van der Waals surface area contributed by atoms with Crippen LogP contribution in [-0.2, 0) is 11.2 Å². The molecule has 0 aliphatic heterocycles. The van der Waals surface area contributed by atoms with E-state index in [1.807, 2.05) is 13.8 Å². The van der Waals surface area contributed by atoms with Gasteiger partial charge in [-0.25, -0.2) is 4.98 Å². The summed E-state index contributed by atoms with van der Waals surface area (Å²) in [7, 11) is 0. The summed E-state index contributed by atoms with van der Waals surface area (Å²) in [6.07, 6.45) is 2.50. The summed E-state index contributed by atoms with van der Waals surface area (Å²) in [6.45, 7) is 8.26. The zero-order chi connectivity index (χ0) is 13.7. The number of aryl methyl sites for hydroxylation is 1. The number of hydrogen-bond donors (Lipinski definition) is 2. The Morgan fingerprint density at radius 2 is 2.17 bits per heavy atom. The number of rotatable bonds is 6. The quantitative estimate of drug-likeness (QED) is 0.834. The Balaban J connectivity index is 2.74. The van der Waals surface area contributed by atoms with Gasteiger partial charge in [0.2, 0.25) is 5.91 Å². The van der Waals surface area contributed by atoms with Gasteiger partial charge < -0.3 is 11.1 Å². The highest BCUT2D eigenvalue weighted by atomic mass is 32.1. The maximum absolute atomic E-state index is 11.9. The highest BCUT2D eigenvalue weighted by molar-refractivity contribution is 7.16. The second-order valence-corrected chi connectivity index (χ2v) is 6.19. The van der Waals surface area contributed by atoms with E-state index >= 15 is 0 Å². The molecule has 0 bridgehead atoms. The van der Waals surface area contributed by atoms with Crippen molar-refractivity contribution in [1.82, 2.24) is 4.98 Å². The number of carbonyl (C=O) groups is 1. The Morgan fingerprint density at radius 1 is 1.50 bits per heavy atom. The van der Waals surface area contributed by atoms with Crippen LogP contribution in [0.1, 0.15) is 44.3 Å². The van der Waals surface area contributed by atoms with E-state index in [-0.39, 0.29) is 5.91 Å². The van der Waals surface area contributed by atoms with Crippen molar-refractivity contribution < 1.29 is 4.79 Å². The van der Waals surface area contributed by atoms with Crippen molar-refractivity contribution in [2.45, 2.75) is 53.0 Å². The first-order valence-corrected chi connectivity index (χ1v) is 7.28. The molecule has 1 aromatic heterocycles. The van der Waals surface area contributed by atoms with Crippen LogP contribution in [0.4, 0.5) is 5.00 Å². The van der Waals surface area contributed by atoms with E-state index < -0.39 is 6.04 Å². The topological polar surface area (TPSA) is 68.0 Å². The molecule has 1 unspecified atom stereocenters. The number of aromatic nitrogens is 1. The number of nitrogens with zero attached hydrogens (tertiary/aromatic N) is 1. The molecule has 0 spiro atoms. The molecule has 0 fully saturated rings. The van der Waals surface area contributed by atoms with Gasteiger partial charge in [0.15, 0.2) is 0 Å². The minimum absolute atomic E-state index is 0.106. The van der Waals surface area contributed by atoms with Crippen molar-refractivity contribution in [2.75, 3.05) is 5.32 Å². The number of nitrogens with one attached hydrogen (secondary N) is 1. The smallest absolute Gasteiger partial charge is 0.241 e. The number of hydrogen-bond acceptors (Lipinski definition) is 4. The average Bonchev–Trinajstić information content (AvgIpc) is 2.58. The lowest BCUT2D eigenvalue weighted by Gasteiger charge is -2.11. The number of thiazole rings is 1. The van der Waals surface area contributed by atoms with E-state index in [0.717, 1.165) is 28.5 Å². The predicted molar refractivity (Wildman–Crippen MR) is 76.9 cm³/mol. The maximum atomic E-state index is 11.9. The predicted octanol–water partition coefficient (Wildman–Crippen LogP) is 2.72. The number of amides is 1. The molecule has 0 aliphatic rings. The molecular formula is C13H23N3OS. The first-order valence-electron chi connectivity index (χ1n) is 6.46. The molecule has 0 saturated carbocycles. The van der Waals surface area contributed by atoms with Gasteiger partial charge in [-0.05, 0) is 25.7 Å². The lowest BCUT2D eigenvalue weighted by Crippen LogP contribution is -2.35. The van der Waals surface area contributed by atoms with Crippen molar-refractivity contribution in [1.29, 1.82) is 0 Å². The lowest BCUT2D eigenvalue weighted by molar-refractivity contribution is -0.117. The number of anilines is 1. The average molecular weight is 269 g/mol. The van der Waals surface area contributed by atoms with Crippen LogP contribution >= 0.6 is 11.3 Å². The molecule has 5 heteroatoms. The normalized spacial score (nSPS) is 12.8.